The van der Waals surface area contributed by atoms with Crippen molar-refractivity contribution in [3.05, 3.63) is 22.8 Å². The maximum absolute atomic E-state index is 12.6. The van der Waals surface area contributed by atoms with Crippen molar-refractivity contribution in [2.45, 2.75) is 77.9 Å². The Kier molecular flexibility index (Phi) is 4.77. The molecule has 0 aromatic rings. The number of carbonyl (C=O) groups excluding carboxylic acids is 2. The van der Waals surface area contributed by atoms with E-state index in [-0.39, 0.29) is 29.0 Å². The number of hydrogen-bond acceptors (Lipinski definition) is 5. The molecular formula is C24H34O5. The minimum absolute atomic E-state index is 0.0261. The molecule has 3 N–H and O–H groups in total. The lowest BCUT2D eigenvalue weighted by Crippen LogP contribution is -2.62. The van der Waals surface area contributed by atoms with Crippen molar-refractivity contribution in [1.82, 2.24) is 0 Å². The molecule has 4 rings (SSSR count). The summed E-state index contributed by atoms with van der Waals surface area (Å²) in [7, 11) is 0. The molecule has 0 unspecified atom stereocenters. The van der Waals surface area contributed by atoms with Gasteiger partial charge in [0.1, 0.15) is 12.2 Å². The molecule has 0 spiro atoms. The topological polar surface area (TPSA) is 94.8 Å². The van der Waals surface area contributed by atoms with Gasteiger partial charge in [-0.1, -0.05) is 31.9 Å². The predicted molar refractivity (Wildman–Crippen MR) is 109 cm³/mol. The largest absolute Gasteiger partial charge is 0.393 e. The molecule has 3 fully saturated rings. The molecule has 0 aromatic heterocycles. The molecule has 160 valence electrons. The zero-order valence-corrected chi connectivity index (χ0v) is 18.0. The molecule has 5 heteroatoms. The highest BCUT2D eigenvalue weighted by Crippen LogP contribution is 2.68. The van der Waals surface area contributed by atoms with Crippen LogP contribution in [0.4, 0.5) is 0 Å². The van der Waals surface area contributed by atoms with Crippen LogP contribution in [0.3, 0.4) is 0 Å². The molecule has 0 aliphatic heterocycles. The number of Topliss-reactive ketones (excluding diaryl/α,β-unsaturated/α-hetero) is 1. The summed E-state index contributed by atoms with van der Waals surface area (Å²) in [4.78, 5) is 25.1. The lowest BCUT2D eigenvalue weighted by atomic mass is 9.44. The summed E-state index contributed by atoms with van der Waals surface area (Å²) in [5, 5.41) is 32.2. The van der Waals surface area contributed by atoms with Crippen molar-refractivity contribution < 1.29 is 24.9 Å². The predicted octanol–water partition coefficient (Wildman–Crippen LogP) is 2.73. The van der Waals surface area contributed by atoms with Gasteiger partial charge in [-0.25, -0.2) is 0 Å². The molecule has 4 aliphatic rings. The Balaban J connectivity index is 1.80. The second-order valence-electron chi connectivity index (χ2n) is 10.2. The second kappa shape index (κ2) is 6.60. The van der Waals surface area contributed by atoms with Crippen molar-refractivity contribution in [2.75, 3.05) is 6.61 Å². The van der Waals surface area contributed by atoms with Gasteiger partial charge >= 0.3 is 0 Å². The monoisotopic (exact) mass is 402 g/mol. The first-order valence-corrected chi connectivity index (χ1v) is 11.1. The number of aliphatic hydroxyl groups excluding tert-OH is 2. The lowest BCUT2D eigenvalue weighted by molar-refractivity contribution is -0.179. The average molecular weight is 403 g/mol. The van der Waals surface area contributed by atoms with E-state index in [1.165, 1.54) is 0 Å². The van der Waals surface area contributed by atoms with E-state index in [2.05, 4.69) is 6.92 Å². The quantitative estimate of drug-likeness (QED) is 0.675. The van der Waals surface area contributed by atoms with E-state index in [1.54, 1.807) is 0 Å². The van der Waals surface area contributed by atoms with Crippen LogP contribution in [0, 0.1) is 28.6 Å². The first-order valence-electron chi connectivity index (χ1n) is 11.1. The smallest absolute Gasteiger partial charge is 0.190 e. The SMILES string of the molecule is CCC1=C(C)[C@@]2(C)C(=CC1=O)CC[C@@H]1[C@@H]2[C@@H](O)C[C@@]2(C)[C@H]1CC[C@]2(O)C(=O)CO. The van der Waals surface area contributed by atoms with Crippen molar-refractivity contribution in [1.29, 1.82) is 0 Å². The number of aliphatic hydroxyl groups is 3. The van der Waals surface area contributed by atoms with Gasteiger partial charge in [0, 0.05) is 16.7 Å². The number of fused-ring (bicyclic) bond motifs is 5. The third-order valence-corrected chi connectivity index (χ3v) is 9.48. The molecule has 0 heterocycles. The number of allylic oxidation sites excluding steroid dienone is 4. The van der Waals surface area contributed by atoms with Gasteiger partial charge in [-0.3, -0.25) is 9.59 Å². The Morgan fingerprint density at radius 1 is 1.28 bits per heavy atom. The summed E-state index contributed by atoms with van der Waals surface area (Å²) in [5.41, 5.74) is 0.402. The van der Waals surface area contributed by atoms with E-state index in [4.69, 9.17) is 0 Å². The first-order chi connectivity index (χ1) is 13.6. The Morgan fingerprint density at radius 2 is 1.97 bits per heavy atom. The van der Waals surface area contributed by atoms with Crippen LogP contribution in [0.25, 0.3) is 0 Å². The third-order valence-electron chi connectivity index (χ3n) is 9.48. The van der Waals surface area contributed by atoms with Crippen LogP contribution in [-0.2, 0) is 9.59 Å². The average Bonchev–Trinajstić information content (AvgIpc) is 2.94. The van der Waals surface area contributed by atoms with E-state index in [9.17, 15) is 24.9 Å². The standard InChI is InChI=1S/C24H34O5/c1-5-15-13(2)23(4)14(10-18(15)26)6-7-16-17-8-9-24(29,20(28)12-25)22(17,3)11-19(27)21(16)23/h10,16-17,19,21,25,27,29H,5-9,11-12H2,1-4H3/t16-,17-,19-,21+,22-,23-,24-/m0/s1. The summed E-state index contributed by atoms with van der Waals surface area (Å²) >= 11 is 0. The maximum Gasteiger partial charge on any atom is 0.190 e. The van der Waals surface area contributed by atoms with Crippen LogP contribution in [0.5, 0.6) is 0 Å². The number of hydrogen-bond donors (Lipinski definition) is 3. The Labute approximate surface area is 172 Å². The Hall–Kier alpha value is -1.30. The molecule has 0 radical (unpaired) electrons. The fourth-order valence-corrected chi connectivity index (χ4v) is 7.85. The van der Waals surface area contributed by atoms with E-state index in [0.29, 0.717) is 19.3 Å². The molecule has 7 atom stereocenters. The van der Waals surface area contributed by atoms with Crippen LogP contribution >= 0.6 is 0 Å². The third kappa shape index (κ3) is 2.44. The highest BCUT2D eigenvalue weighted by atomic mass is 16.3. The van der Waals surface area contributed by atoms with Crippen molar-refractivity contribution in [3.63, 3.8) is 0 Å². The van der Waals surface area contributed by atoms with Gasteiger partial charge in [0.2, 0.25) is 0 Å². The lowest BCUT2D eigenvalue weighted by Gasteiger charge is -2.60. The Bertz CT molecular complexity index is 825. The second-order valence-corrected chi connectivity index (χ2v) is 10.2. The van der Waals surface area contributed by atoms with Crippen LogP contribution < -0.4 is 0 Å². The normalized spacial score (nSPS) is 46.7. The number of ketones is 2. The zero-order chi connectivity index (χ0) is 21.4. The summed E-state index contributed by atoms with van der Waals surface area (Å²) in [5.74, 6) is -0.155. The van der Waals surface area contributed by atoms with E-state index >= 15 is 0 Å². The summed E-state index contributed by atoms with van der Waals surface area (Å²) in [6.45, 7) is 7.49. The molecule has 5 nitrogen and oxygen atoms in total. The van der Waals surface area contributed by atoms with Crippen molar-refractivity contribution in [2.24, 2.45) is 28.6 Å². The molecule has 0 amide bonds. The number of carbonyl (C=O) groups is 2. The summed E-state index contributed by atoms with van der Waals surface area (Å²) in [6.07, 6.45) is 4.89. The van der Waals surface area contributed by atoms with Crippen molar-refractivity contribution >= 4 is 11.6 Å². The molecule has 0 bridgehead atoms. The van der Waals surface area contributed by atoms with Crippen LogP contribution in [0.15, 0.2) is 22.8 Å². The van der Waals surface area contributed by atoms with Gasteiger partial charge in [0.15, 0.2) is 11.6 Å². The minimum Gasteiger partial charge on any atom is -0.393 e. The maximum atomic E-state index is 12.6. The fourth-order valence-electron chi connectivity index (χ4n) is 7.85. The van der Waals surface area contributed by atoms with Crippen molar-refractivity contribution in [3.8, 4) is 0 Å². The van der Waals surface area contributed by atoms with Crippen LogP contribution in [0.2, 0.25) is 0 Å². The van der Waals surface area contributed by atoms with Gasteiger partial charge in [-0.2, -0.15) is 0 Å². The van der Waals surface area contributed by atoms with Gasteiger partial charge < -0.3 is 15.3 Å². The molecule has 29 heavy (non-hydrogen) atoms. The zero-order valence-electron chi connectivity index (χ0n) is 18.0. The van der Waals surface area contributed by atoms with E-state index in [0.717, 1.165) is 36.0 Å². The molecule has 4 aliphatic carbocycles. The van der Waals surface area contributed by atoms with E-state index < -0.39 is 29.5 Å². The summed E-state index contributed by atoms with van der Waals surface area (Å²) in [6, 6.07) is 0. The van der Waals surface area contributed by atoms with E-state index in [1.807, 2.05) is 26.8 Å². The highest BCUT2D eigenvalue weighted by molar-refractivity contribution is 6.06. The molecule has 0 saturated heterocycles. The minimum atomic E-state index is -1.57. The molecular weight excluding hydrogens is 368 g/mol. The van der Waals surface area contributed by atoms with Crippen LogP contribution in [0.1, 0.15) is 66.2 Å². The molecule has 0 aromatic carbocycles. The fraction of sp³-hybridized carbons (Fsp3) is 0.750. The number of rotatable bonds is 3. The van der Waals surface area contributed by atoms with Gasteiger partial charge in [0.25, 0.3) is 0 Å². The first kappa shape index (κ1) is 21.0. The Morgan fingerprint density at radius 3 is 2.59 bits per heavy atom. The van der Waals surface area contributed by atoms with Gasteiger partial charge in [0.05, 0.1) is 6.10 Å². The van der Waals surface area contributed by atoms with Gasteiger partial charge in [-0.15, -0.1) is 0 Å². The summed E-state index contributed by atoms with van der Waals surface area (Å²) < 4.78 is 0. The molecule has 3 saturated carbocycles. The van der Waals surface area contributed by atoms with Gasteiger partial charge in [-0.05, 0) is 68.9 Å². The highest BCUT2D eigenvalue weighted by Gasteiger charge is 2.68. The van der Waals surface area contributed by atoms with Crippen LogP contribution in [-0.4, -0.2) is 45.2 Å².